The molecular formula is C12H15F5N2O7S. The number of esters is 1. The lowest BCUT2D eigenvalue weighted by molar-refractivity contribution is -0.355. The fourth-order valence-electron chi connectivity index (χ4n) is 1.92. The van der Waals surface area contributed by atoms with Crippen molar-refractivity contribution in [1.29, 1.82) is 0 Å². The highest BCUT2D eigenvalue weighted by Crippen LogP contribution is 2.38. The molecule has 1 saturated heterocycles. The van der Waals surface area contributed by atoms with Crippen LogP contribution in [0.2, 0.25) is 0 Å². The number of piperazine rings is 1. The number of hydrogen-bond acceptors (Lipinski definition) is 7. The summed E-state index contributed by atoms with van der Waals surface area (Å²) in [5.41, 5.74) is 0. The largest absolute Gasteiger partial charge is 0.466 e. The molecule has 1 unspecified atom stereocenters. The molecule has 0 spiro atoms. The Hall–Kier alpha value is -1.84. The first-order chi connectivity index (χ1) is 12.2. The van der Waals surface area contributed by atoms with E-state index >= 15 is 0 Å². The van der Waals surface area contributed by atoms with Gasteiger partial charge in [0, 0.05) is 32.3 Å². The van der Waals surface area contributed by atoms with Crippen molar-refractivity contribution in [3.8, 4) is 0 Å². The van der Waals surface area contributed by atoms with Crippen LogP contribution < -0.4 is 5.32 Å². The fraction of sp³-hybridized carbons (Fsp3) is 0.667. The highest BCUT2D eigenvalue weighted by atomic mass is 32.2. The SMILES string of the molecule is C=CC(=O)OC(OCC(F)(F)S(=O)(=O)O)(C(=O)N1CCNCC1)C(F)(F)F. The van der Waals surface area contributed by atoms with Crippen molar-refractivity contribution in [3.05, 3.63) is 12.7 Å². The monoisotopic (exact) mass is 426 g/mol. The Morgan fingerprint density at radius 3 is 2.11 bits per heavy atom. The molecular weight excluding hydrogens is 411 g/mol. The van der Waals surface area contributed by atoms with Crippen molar-refractivity contribution in [3.63, 3.8) is 0 Å². The minimum absolute atomic E-state index is 0.0518. The number of carbonyl (C=O) groups excluding carboxylic acids is 2. The Labute approximate surface area is 149 Å². The van der Waals surface area contributed by atoms with E-state index < -0.39 is 45.8 Å². The van der Waals surface area contributed by atoms with Crippen LogP contribution in [0.3, 0.4) is 0 Å². The molecule has 1 fully saturated rings. The molecule has 0 radical (unpaired) electrons. The molecule has 27 heavy (non-hydrogen) atoms. The van der Waals surface area contributed by atoms with Gasteiger partial charge in [-0.3, -0.25) is 9.35 Å². The summed E-state index contributed by atoms with van der Waals surface area (Å²) in [6, 6.07) is 0. The van der Waals surface area contributed by atoms with E-state index in [-0.39, 0.29) is 32.3 Å². The molecule has 1 atom stereocenters. The molecule has 0 aromatic rings. The summed E-state index contributed by atoms with van der Waals surface area (Å²) in [7, 11) is -6.18. The number of rotatable bonds is 7. The normalized spacial score (nSPS) is 18.5. The second-order valence-corrected chi connectivity index (χ2v) is 6.73. The van der Waals surface area contributed by atoms with E-state index in [9.17, 15) is 40.0 Å². The van der Waals surface area contributed by atoms with Crippen molar-refractivity contribution in [2.75, 3.05) is 32.8 Å². The van der Waals surface area contributed by atoms with Gasteiger partial charge in [0.1, 0.15) is 6.61 Å². The molecule has 1 aliphatic heterocycles. The average molecular weight is 426 g/mol. The first kappa shape index (κ1) is 23.2. The minimum Gasteiger partial charge on any atom is -0.412 e. The molecule has 9 nitrogen and oxygen atoms in total. The Kier molecular flexibility index (Phi) is 6.90. The van der Waals surface area contributed by atoms with Gasteiger partial charge in [-0.2, -0.15) is 30.4 Å². The highest BCUT2D eigenvalue weighted by molar-refractivity contribution is 7.86. The van der Waals surface area contributed by atoms with Crippen molar-refractivity contribution < 1.29 is 54.0 Å². The lowest BCUT2D eigenvalue weighted by Gasteiger charge is -2.38. The molecule has 156 valence electrons. The number of nitrogens with one attached hydrogen (secondary N) is 1. The Balaban J connectivity index is 3.36. The molecule has 0 bridgehead atoms. The summed E-state index contributed by atoms with van der Waals surface area (Å²) in [6.07, 6.45) is -5.65. The van der Waals surface area contributed by atoms with E-state index in [0.29, 0.717) is 4.90 Å². The van der Waals surface area contributed by atoms with Crippen LogP contribution in [0.15, 0.2) is 12.7 Å². The van der Waals surface area contributed by atoms with E-state index in [0.717, 1.165) is 0 Å². The van der Waals surface area contributed by atoms with Gasteiger partial charge >= 0.3 is 39.2 Å². The maximum absolute atomic E-state index is 13.6. The van der Waals surface area contributed by atoms with Crippen molar-refractivity contribution in [1.82, 2.24) is 10.2 Å². The van der Waals surface area contributed by atoms with Gasteiger partial charge in [0.05, 0.1) is 0 Å². The predicted molar refractivity (Wildman–Crippen MR) is 77.0 cm³/mol. The standard InChI is InChI=1S/C12H15F5N2O7S/c1-2-8(20)26-11(12(15,16)17,9(21)19-5-3-18-4-6-19)25-7-10(13,14)27(22,23)24/h2,18H,1,3-7H2,(H,22,23,24). The van der Waals surface area contributed by atoms with Gasteiger partial charge in [0.25, 0.3) is 0 Å². The van der Waals surface area contributed by atoms with Crippen LogP contribution in [0.25, 0.3) is 0 Å². The minimum atomic E-state index is -6.18. The third-order valence-electron chi connectivity index (χ3n) is 3.29. The Morgan fingerprint density at radius 2 is 1.70 bits per heavy atom. The molecule has 0 aromatic carbocycles. The quantitative estimate of drug-likeness (QED) is 0.190. The summed E-state index contributed by atoms with van der Waals surface area (Å²) < 4.78 is 105. The summed E-state index contributed by atoms with van der Waals surface area (Å²) in [4.78, 5) is 24.2. The van der Waals surface area contributed by atoms with Gasteiger partial charge in [0.15, 0.2) is 0 Å². The summed E-state index contributed by atoms with van der Waals surface area (Å²) in [5, 5.41) is -2.50. The predicted octanol–water partition coefficient (Wildman–Crippen LogP) is -0.0968. The van der Waals surface area contributed by atoms with E-state index in [1.165, 1.54) is 0 Å². The molecule has 15 heteroatoms. The zero-order chi connectivity index (χ0) is 21.1. The van der Waals surface area contributed by atoms with E-state index in [2.05, 4.69) is 21.4 Å². The first-order valence-electron chi connectivity index (χ1n) is 7.09. The van der Waals surface area contributed by atoms with Crippen LogP contribution in [-0.4, -0.2) is 79.8 Å². The van der Waals surface area contributed by atoms with Gasteiger partial charge in [-0.1, -0.05) is 6.58 Å². The average Bonchev–Trinajstić information content (AvgIpc) is 2.56. The highest BCUT2D eigenvalue weighted by Gasteiger charge is 2.68. The molecule has 0 saturated carbocycles. The van der Waals surface area contributed by atoms with Crippen molar-refractivity contribution >= 4 is 22.0 Å². The van der Waals surface area contributed by atoms with Crippen molar-refractivity contribution in [2.45, 2.75) is 17.2 Å². The van der Waals surface area contributed by atoms with Gasteiger partial charge in [0.2, 0.25) is 0 Å². The molecule has 0 aliphatic carbocycles. The number of alkyl halides is 5. The Bertz CT molecular complexity index is 691. The smallest absolute Gasteiger partial charge is 0.412 e. The zero-order valence-electron chi connectivity index (χ0n) is 13.5. The molecule has 1 aliphatic rings. The Morgan fingerprint density at radius 1 is 1.19 bits per heavy atom. The van der Waals surface area contributed by atoms with Gasteiger partial charge < -0.3 is 19.7 Å². The lowest BCUT2D eigenvalue weighted by Crippen LogP contribution is -2.65. The van der Waals surface area contributed by atoms with Crippen LogP contribution in [0.1, 0.15) is 0 Å². The molecule has 1 amide bonds. The second kappa shape index (κ2) is 8.04. The molecule has 2 N–H and O–H groups in total. The number of halogens is 5. The van der Waals surface area contributed by atoms with Crippen molar-refractivity contribution in [2.24, 2.45) is 0 Å². The molecule has 0 aromatic heterocycles. The number of ether oxygens (including phenoxy) is 2. The second-order valence-electron chi connectivity index (χ2n) is 5.18. The van der Waals surface area contributed by atoms with Crippen LogP contribution >= 0.6 is 0 Å². The summed E-state index contributed by atoms with van der Waals surface area (Å²) >= 11 is 0. The van der Waals surface area contributed by atoms with Gasteiger partial charge in [-0.25, -0.2) is 4.79 Å². The maximum atomic E-state index is 13.6. The number of nitrogens with zero attached hydrogens (tertiary/aromatic N) is 1. The zero-order valence-corrected chi connectivity index (χ0v) is 14.3. The third-order valence-corrected chi connectivity index (χ3v) is 4.16. The van der Waals surface area contributed by atoms with E-state index in [4.69, 9.17) is 4.55 Å². The lowest BCUT2D eigenvalue weighted by atomic mass is 10.2. The topological polar surface area (TPSA) is 122 Å². The van der Waals surface area contributed by atoms with Gasteiger partial charge in [-0.05, 0) is 0 Å². The number of carbonyl (C=O) groups is 2. The van der Waals surface area contributed by atoms with E-state index in [1.807, 2.05) is 0 Å². The first-order valence-corrected chi connectivity index (χ1v) is 8.53. The summed E-state index contributed by atoms with van der Waals surface area (Å²) in [6.45, 7) is -0.294. The number of hydrogen-bond donors (Lipinski definition) is 2. The molecule has 1 rings (SSSR count). The van der Waals surface area contributed by atoms with Crippen LogP contribution in [-0.2, 0) is 29.2 Å². The fourth-order valence-corrected chi connectivity index (χ4v) is 2.12. The van der Waals surface area contributed by atoms with E-state index in [1.54, 1.807) is 0 Å². The van der Waals surface area contributed by atoms with Crippen LogP contribution in [0.4, 0.5) is 22.0 Å². The molecule has 1 heterocycles. The number of amides is 1. The third kappa shape index (κ3) is 5.12. The van der Waals surface area contributed by atoms with Crippen LogP contribution in [0.5, 0.6) is 0 Å². The maximum Gasteiger partial charge on any atom is 0.466 e. The van der Waals surface area contributed by atoms with Gasteiger partial charge in [-0.15, -0.1) is 0 Å². The summed E-state index contributed by atoms with van der Waals surface area (Å²) in [5.74, 6) is -8.45. The van der Waals surface area contributed by atoms with Crippen LogP contribution in [0, 0.1) is 0 Å².